The Labute approximate surface area is 71.7 Å². The molecular weight excluding hydrogens is 162 g/mol. The van der Waals surface area contributed by atoms with E-state index in [1.807, 2.05) is 24.3 Å². The molecule has 1 aromatic carbocycles. The maximum Gasteiger partial charge on any atom is 0.131 e. The molecule has 60 valence electrons. The molecule has 1 atom stereocenters. The van der Waals surface area contributed by atoms with Gasteiger partial charge in [0.1, 0.15) is 6.23 Å². The van der Waals surface area contributed by atoms with Crippen LogP contribution in [0.15, 0.2) is 24.3 Å². The first-order valence-electron chi connectivity index (χ1n) is 3.37. The highest BCUT2D eigenvalue weighted by atomic mass is 35.5. The van der Waals surface area contributed by atoms with Crippen LogP contribution >= 0.6 is 12.4 Å². The molecule has 0 aliphatic carbocycles. The number of benzene rings is 1. The third-order valence-corrected chi connectivity index (χ3v) is 1.84. The third kappa shape index (κ3) is 1.38. The van der Waals surface area contributed by atoms with E-state index in [1.165, 1.54) is 5.56 Å². The molecule has 0 saturated heterocycles. The number of aliphatic hydroxyl groups is 1. The van der Waals surface area contributed by atoms with Gasteiger partial charge in [0.2, 0.25) is 0 Å². The van der Waals surface area contributed by atoms with Gasteiger partial charge in [-0.1, -0.05) is 24.3 Å². The minimum Gasteiger partial charge on any atom is -0.374 e. The van der Waals surface area contributed by atoms with Gasteiger partial charge in [-0.3, -0.25) is 5.32 Å². The second-order valence-electron chi connectivity index (χ2n) is 2.48. The maximum atomic E-state index is 9.27. The van der Waals surface area contributed by atoms with Gasteiger partial charge in [-0.25, -0.2) is 0 Å². The highest BCUT2D eigenvalue weighted by molar-refractivity contribution is 5.85. The van der Waals surface area contributed by atoms with Crippen molar-refractivity contribution in [3.8, 4) is 0 Å². The first kappa shape index (κ1) is 8.53. The summed E-state index contributed by atoms with van der Waals surface area (Å²) in [6, 6.07) is 7.90. The number of hydrogen-bond acceptors (Lipinski definition) is 2. The Bertz CT molecular complexity index is 252. The van der Waals surface area contributed by atoms with E-state index in [0.717, 1.165) is 12.1 Å². The quantitative estimate of drug-likeness (QED) is 0.615. The summed E-state index contributed by atoms with van der Waals surface area (Å²) in [6.45, 7) is 0.789. The SMILES string of the molecule is Cl.OC1NCc2ccccc21. The zero-order valence-corrected chi connectivity index (χ0v) is 6.77. The molecule has 1 aromatic rings. The smallest absolute Gasteiger partial charge is 0.131 e. The molecule has 0 fully saturated rings. The lowest BCUT2D eigenvalue weighted by Crippen LogP contribution is -2.09. The molecule has 0 spiro atoms. The van der Waals surface area contributed by atoms with Crippen molar-refractivity contribution in [2.24, 2.45) is 0 Å². The first-order valence-corrected chi connectivity index (χ1v) is 3.37. The molecule has 1 unspecified atom stereocenters. The Kier molecular flexibility index (Phi) is 2.49. The predicted octanol–water partition coefficient (Wildman–Crippen LogP) is 1.20. The summed E-state index contributed by atoms with van der Waals surface area (Å²) in [5.74, 6) is 0. The second kappa shape index (κ2) is 3.22. The number of hydrogen-bond donors (Lipinski definition) is 2. The van der Waals surface area contributed by atoms with Gasteiger partial charge in [0, 0.05) is 6.54 Å². The Balaban J connectivity index is 0.000000605. The largest absolute Gasteiger partial charge is 0.374 e. The summed E-state index contributed by atoms with van der Waals surface area (Å²) in [7, 11) is 0. The van der Waals surface area contributed by atoms with E-state index in [4.69, 9.17) is 0 Å². The van der Waals surface area contributed by atoms with E-state index in [2.05, 4.69) is 5.32 Å². The average molecular weight is 172 g/mol. The molecule has 11 heavy (non-hydrogen) atoms. The standard InChI is InChI=1S/C8H9NO.ClH/c10-8-7-4-2-1-3-6(7)5-9-8;/h1-4,8-10H,5H2;1H. The molecule has 2 rings (SSSR count). The average Bonchev–Trinajstić information content (AvgIpc) is 2.34. The van der Waals surface area contributed by atoms with Gasteiger partial charge in [-0.05, 0) is 11.1 Å². The summed E-state index contributed by atoms with van der Waals surface area (Å²) >= 11 is 0. The van der Waals surface area contributed by atoms with Crippen LogP contribution < -0.4 is 5.32 Å². The fourth-order valence-electron chi connectivity index (χ4n) is 1.28. The molecule has 0 amide bonds. The van der Waals surface area contributed by atoms with E-state index in [-0.39, 0.29) is 12.4 Å². The molecule has 1 aliphatic heterocycles. The molecule has 2 nitrogen and oxygen atoms in total. The number of aliphatic hydroxyl groups excluding tert-OH is 1. The van der Waals surface area contributed by atoms with Gasteiger partial charge >= 0.3 is 0 Å². The van der Waals surface area contributed by atoms with Gasteiger partial charge in [0.15, 0.2) is 0 Å². The minimum absolute atomic E-state index is 0. The maximum absolute atomic E-state index is 9.27. The lowest BCUT2D eigenvalue weighted by atomic mass is 10.1. The second-order valence-corrected chi connectivity index (χ2v) is 2.48. The van der Waals surface area contributed by atoms with Crippen LogP contribution in [-0.4, -0.2) is 5.11 Å². The van der Waals surface area contributed by atoms with Crippen molar-refractivity contribution in [3.05, 3.63) is 35.4 Å². The van der Waals surface area contributed by atoms with E-state index in [0.29, 0.717) is 0 Å². The van der Waals surface area contributed by atoms with Crippen molar-refractivity contribution in [1.29, 1.82) is 0 Å². The van der Waals surface area contributed by atoms with Crippen LogP contribution in [-0.2, 0) is 6.54 Å². The lowest BCUT2D eigenvalue weighted by molar-refractivity contribution is 0.151. The fourth-order valence-corrected chi connectivity index (χ4v) is 1.28. The predicted molar refractivity (Wildman–Crippen MR) is 45.5 cm³/mol. The van der Waals surface area contributed by atoms with Crippen LogP contribution in [0.1, 0.15) is 17.4 Å². The summed E-state index contributed by atoms with van der Waals surface area (Å²) in [4.78, 5) is 0. The van der Waals surface area contributed by atoms with Crippen LogP contribution in [0.4, 0.5) is 0 Å². The van der Waals surface area contributed by atoms with Crippen LogP contribution in [0.25, 0.3) is 0 Å². The van der Waals surface area contributed by atoms with Crippen LogP contribution in [0.2, 0.25) is 0 Å². The van der Waals surface area contributed by atoms with Crippen LogP contribution in [0, 0.1) is 0 Å². The summed E-state index contributed by atoms with van der Waals surface area (Å²) in [6.07, 6.45) is -0.448. The van der Waals surface area contributed by atoms with Crippen LogP contribution in [0.3, 0.4) is 0 Å². The van der Waals surface area contributed by atoms with E-state index in [1.54, 1.807) is 0 Å². The highest BCUT2D eigenvalue weighted by Gasteiger charge is 2.17. The number of nitrogens with one attached hydrogen (secondary N) is 1. The Morgan fingerprint density at radius 1 is 1.36 bits per heavy atom. The molecule has 0 saturated carbocycles. The molecule has 1 aliphatic rings. The molecular formula is C8H10ClNO. The zero-order valence-electron chi connectivity index (χ0n) is 5.95. The van der Waals surface area contributed by atoms with Crippen LogP contribution in [0.5, 0.6) is 0 Å². The molecule has 0 radical (unpaired) electrons. The Morgan fingerprint density at radius 2 is 2.09 bits per heavy atom. The molecule has 2 N–H and O–H groups in total. The normalized spacial score (nSPS) is 20.6. The first-order chi connectivity index (χ1) is 4.88. The van der Waals surface area contributed by atoms with Crippen molar-refractivity contribution in [2.75, 3.05) is 0 Å². The van der Waals surface area contributed by atoms with Gasteiger partial charge in [0.25, 0.3) is 0 Å². The van der Waals surface area contributed by atoms with Crippen molar-refractivity contribution in [3.63, 3.8) is 0 Å². The fraction of sp³-hybridized carbons (Fsp3) is 0.250. The summed E-state index contributed by atoms with van der Waals surface area (Å²) in [5.41, 5.74) is 2.22. The molecule has 0 aromatic heterocycles. The highest BCUT2D eigenvalue weighted by Crippen LogP contribution is 2.21. The molecule has 0 bridgehead atoms. The van der Waals surface area contributed by atoms with E-state index in [9.17, 15) is 5.11 Å². The number of fused-ring (bicyclic) bond motifs is 1. The summed E-state index contributed by atoms with van der Waals surface area (Å²) in [5, 5.41) is 12.2. The number of halogens is 1. The summed E-state index contributed by atoms with van der Waals surface area (Å²) < 4.78 is 0. The minimum atomic E-state index is -0.448. The molecule has 3 heteroatoms. The van der Waals surface area contributed by atoms with Crippen molar-refractivity contribution in [1.82, 2.24) is 5.32 Å². The van der Waals surface area contributed by atoms with Gasteiger partial charge in [0.05, 0.1) is 0 Å². The van der Waals surface area contributed by atoms with Gasteiger partial charge < -0.3 is 5.11 Å². The van der Waals surface area contributed by atoms with E-state index < -0.39 is 6.23 Å². The van der Waals surface area contributed by atoms with Gasteiger partial charge in [-0.2, -0.15) is 0 Å². The Morgan fingerprint density at radius 3 is 2.82 bits per heavy atom. The van der Waals surface area contributed by atoms with E-state index >= 15 is 0 Å². The third-order valence-electron chi connectivity index (χ3n) is 1.84. The molecule has 1 heterocycles. The topological polar surface area (TPSA) is 32.3 Å². The van der Waals surface area contributed by atoms with Crippen molar-refractivity contribution < 1.29 is 5.11 Å². The monoisotopic (exact) mass is 171 g/mol. The van der Waals surface area contributed by atoms with Gasteiger partial charge in [-0.15, -0.1) is 12.4 Å². The lowest BCUT2D eigenvalue weighted by Gasteiger charge is -2.00. The van der Waals surface area contributed by atoms with Crippen molar-refractivity contribution in [2.45, 2.75) is 12.8 Å². The van der Waals surface area contributed by atoms with Crippen molar-refractivity contribution >= 4 is 12.4 Å². The zero-order chi connectivity index (χ0) is 6.97. The number of rotatable bonds is 0. The Hall–Kier alpha value is -0.570.